The molecule has 0 bridgehead atoms. The van der Waals surface area contributed by atoms with Gasteiger partial charge in [-0.25, -0.2) is 0 Å². The average Bonchev–Trinajstić information content (AvgIpc) is 3.40. The maximum Gasteiger partial charge on any atom is 0.249 e. The molecule has 1 aromatic carbocycles. The van der Waals surface area contributed by atoms with Crippen molar-refractivity contribution in [2.45, 2.75) is 84.0 Å². The van der Waals surface area contributed by atoms with E-state index in [1.165, 1.54) is 0 Å². The van der Waals surface area contributed by atoms with E-state index in [2.05, 4.69) is 11.8 Å². The molecule has 0 unspecified atom stereocenters. The summed E-state index contributed by atoms with van der Waals surface area (Å²) < 4.78 is 11.6. The second-order valence-corrected chi connectivity index (χ2v) is 11.8. The second-order valence-electron chi connectivity index (χ2n) is 11.8. The van der Waals surface area contributed by atoms with E-state index < -0.39 is 29.4 Å². The third-order valence-electron chi connectivity index (χ3n) is 8.17. The van der Waals surface area contributed by atoms with E-state index in [0.29, 0.717) is 30.2 Å². The number of nitrogens with two attached hydrogens (primary N) is 1. The fourth-order valence-corrected chi connectivity index (χ4v) is 6.44. The third-order valence-corrected chi connectivity index (χ3v) is 8.17. The number of likely N-dealkylation sites (tertiary alicyclic amines) is 2. The number of primary amides is 1. The molecule has 8 nitrogen and oxygen atoms in total. The van der Waals surface area contributed by atoms with Gasteiger partial charge in [0.1, 0.15) is 24.9 Å². The fourth-order valence-electron chi connectivity index (χ4n) is 6.44. The molecule has 0 saturated carbocycles. The smallest absolute Gasteiger partial charge is 0.249 e. The molecule has 3 aliphatic heterocycles. The minimum Gasteiger partial charge on any atom is -0.374 e. The first-order chi connectivity index (χ1) is 17.6. The maximum atomic E-state index is 14.3. The van der Waals surface area contributed by atoms with Crippen molar-refractivity contribution in [2.75, 3.05) is 39.4 Å². The largest absolute Gasteiger partial charge is 0.374 e. The number of hydrogen-bond donors (Lipinski definition) is 1. The molecule has 4 atom stereocenters. The molecule has 3 fully saturated rings. The number of rotatable bonds is 8. The zero-order valence-corrected chi connectivity index (χ0v) is 23.0. The van der Waals surface area contributed by atoms with E-state index in [1.54, 1.807) is 11.0 Å². The molecule has 8 heteroatoms. The Labute approximate surface area is 220 Å². The molecular formula is C29H43N3O5. The number of fused-ring (bicyclic) bond motifs is 1. The summed E-state index contributed by atoms with van der Waals surface area (Å²) >= 11 is 0. The van der Waals surface area contributed by atoms with Gasteiger partial charge in [0.05, 0.1) is 12.5 Å². The first kappa shape index (κ1) is 27.7. The molecule has 4 rings (SSSR count). The molecule has 1 aromatic rings. The number of piperidine rings is 1. The van der Waals surface area contributed by atoms with Crippen LogP contribution in [0.5, 0.6) is 0 Å². The zero-order chi connectivity index (χ0) is 26.9. The summed E-state index contributed by atoms with van der Waals surface area (Å²) in [6.07, 6.45) is 2.43. The first-order valence-corrected chi connectivity index (χ1v) is 13.8. The molecule has 2 amide bonds. The molecule has 0 aliphatic carbocycles. The number of benzene rings is 1. The number of ether oxygens (including phenoxy) is 2. The number of Topliss-reactive ketones (excluding diaryl/α,β-unsaturated/α-hetero) is 1. The van der Waals surface area contributed by atoms with Crippen LogP contribution in [0.2, 0.25) is 0 Å². The van der Waals surface area contributed by atoms with Crippen LogP contribution in [0.1, 0.15) is 87.2 Å². The highest BCUT2D eigenvalue weighted by atomic mass is 16.6. The lowest BCUT2D eigenvalue weighted by Crippen LogP contribution is -2.47. The Hall–Kier alpha value is -2.29. The van der Waals surface area contributed by atoms with Crippen molar-refractivity contribution >= 4 is 17.6 Å². The van der Waals surface area contributed by atoms with Gasteiger partial charge in [-0.15, -0.1) is 0 Å². The summed E-state index contributed by atoms with van der Waals surface area (Å²) in [5.74, 6) is -1.11. The van der Waals surface area contributed by atoms with Gasteiger partial charge in [0.15, 0.2) is 5.78 Å². The molecule has 0 spiro atoms. The lowest BCUT2D eigenvalue weighted by Gasteiger charge is -2.36. The van der Waals surface area contributed by atoms with Gasteiger partial charge >= 0.3 is 0 Å². The normalized spacial score (nSPS) is 25.9. The first-order valence-electron chi connectivity index (χ1n) is 13.8. The quantitative estimate of drug-likeness (QED) is 0.573. The Kier molecular flexibility index (Phi) is 8.41. The zero-order valence-electron chi connectivity index (χ0n) is 23.0. The number of carbonyl (C=O) groups excluding carboxylic acids is 3. The lowest BCUT2D eigenvalue weighted by molar-refractivity contribution is -0.140. The topological polar surface area (TPSA) is 102 Å². The van der Waals surface area contributed by atoms with Crippen molar-refractivity contribution in [3.63, 3.8) is 0 Å². The van der Waals surface area contributed by atoms with Gasteiger partial charge in [-0.3, -0.25) is 14.4 Å². The molecule has 0 radical (unpaired) electrons. The second kappa shape index (κ2) is 11.2. The number of carbonyl (C=O) groups is 3. The Balaban J connectivity index is 1.69. The predicted octanol–water partition coefficient (Wildman–Crippen LogP) is 3.09. The Morgan fingerprint density at radius 3 is 2.49 bits per heavy atom. The van der Waals surface area contributed by atoms with Crippen LogP contribution in [0.25, 0.3) is 0 Å². The van der Waals surface area contributed by atoms with E-state index in [4.69, 9.17) is 15.2 Å². The minimum absolute atomic E-state index is 0.0123. The van der Waals surface area contributed by atoms with Gasteiger partial charge in [-0.1, -0.05) is 39.8 Å². The number of nitrogens with zero attached hydrogens (tertiary/aromatic N) is 2. The third kappa shape index (κ3) is 5.61. The van der Waals surface area contributed by atoms with Crippen molar-refractivity contribution in [3.05, 3.63) is 34.9 Å². The fraction of sp³-hybridized carbons (Fsp3) is 0.690. The highest BCUT2D eigenvalue weighted by Gasteiger charge is 2.54. The monoisotopic (exact) mass is 513 g/mol. The van der Waals surface area contributed by atoms with Crippen LogP contribution in [-0.4, -0.2) is 85.0 Å². The predicted molar refractivity (Wildman–Crippen MR) is 142 cm³/mol. The van der Waals surface area contributed by atoms with Crippen LogP contribution in [0.3, 0.4) is 0 Å². The van der Waals surface area contributed by atoms with Gasteiger partial charge < -0.3 is 25.0 Å². The number of hydrogen-bond acceptors (Lipinski definition) is 6. The Bertz CT molecular complexity index is 1010. The van der Waals surface area contributed by atoms with Crippen LogP contribution < -0.4 is 5.73 Å². The standard InChI is InChI=1S/C29H43N3O5/c1-6-12-31-13-10-18(11-14-31)19-8-9-20(27(30)34)21(15-19)24(29(3,4)5)28(35)32-16-23(36-7-2)26-25(32)22(33)17-37-26/h8-9,15,18,23-26H,6-7,10-14,16-17H2,1-5H3,(H2,30,34)/t23-,24-,25+,26+/m0/s1. The molecular weight excluding hydrogens is 470 g/mol. The van der Waals surface area contributed by atoms with Gasteiger partial charge in [-0.2, -0.15) is 0 Å². The number of ketones is 1. The van der Waals surface area contributed by atoms with Gasteiger partial charge in [0, 0.05) is 12.2 Å². The van der Waals surface area contributed by atoms with Gasteiger partial charge in [0.2, 0.25) is 11.8 Å². The Morgan fingerprint density at radius 1 is 1.19 bits per heavy atom. The van der Waals surface area contributed by atoms with Gasteiger partial charge in [-0.05, 0) is 74.3 Å². The van der Waals surface area contributed by atoms with E-state index in [9.17, 15) is 14.4 Å². The molecule has 3 aliphatic rings. The van der Waals surface area contributed by atoms with Crippen molar-refractivity contribution in [1.29, 1.82) is 0 Å². The van der Waals surface area contributed by atoms with Crippen molar-refractivity contribution in [1.82, 2.24) is 9.80 Å². The average molecular weight is 514 g/mol. The summed E-state index contributed by atoms with van der Waals surface area (Å²) in [6.45, 7) is 14.0. The minimum atomic E-state index is -0.656. The highest BCUT2D eigenvalue weighted by molar-refractivity contribution is 5.99. The summed E-state index contributed by atoms with van der Waals surface area (Å²) in [7, 11) is 0. The van der Waals surface area contributed by atoms with E-state index >= 15 is 0 Å². The van der Waals surface area contributed by atoms with Crippen molar-refractivity contribution < 1.29 is 23.9 Å². The SMILES string of the molecule is CCCN1CCC(c2ccc(C(N)=O)c([C@@H](C(=O)N3C[C@H](OCC)[C@H]4OCC(=O)[C@H]43)C(C)(C)C)c2)CC1. The van der Waals surface area contributed by atoms with Crippen molar-refractivity contribution in [3.8, 4) is 0 Å². The van der Waals surface area contributed by atoms with E-state index in [0.717, 1.165) is 44.5 Å². The number of amides is 2. The van der Waals surface area contributed by atoms with Crippen LogP contribution in [0.15, 0.2) is 18.2 Å². The summed E-state index contributed by atoms with van der Waals surface area (Å²) in [6, 6.07) is 5.17. The van der Waals surface area contributed by atoms with Crippen LogP contribution in [0.4, 0.5) is 0 Å². The maximum absolute atomic E-state index is 14.3. The van der Waals surface area contributed by atoms with Crippen molar-refractivity contribution in [2.24, 2.45) is 11.1 Å². The molecule has 3 heterocycles. The molecule has 2 N–H and O–H groups in total. The molecule has 204 valence electrons. The lowest BCUT2D eigenvalue weighted by atomic mass is 9.72. The highest BCUT2D eigenvalue weighted by Crippen LogP contribution is 2.42. The molecule has 3 saturated heterocycles. The Morgan fingerprint density at radius 2 is 1.89 bits per heavy atom. The molecule has 0 aromatic heterocycles. The summed E-state index contributed by atoms with van der Waals surface area (Å²) in [4.78, 5) is 43.8. The van der Waals surface area contributed by atoms with Crippen LogP contribution in [-0.2, 0) is 19.1 Å². The van der Waals surface area contributed by atoms with E-state index in [-0.39, 0.29) is 24.4 Å². The van der Waals surface area contributed by atoms with Crippen LogP contribution in [0, 0.1) is 5.41 Å². The molecule has 37 heavy (non-hydrogen) atoms. The van der Waals surface area contributed by atoms with Crippen LogP contribution >= 0.6 is 0 Å². The summed E-state index contributed by atoms with van der Waals surface area (Å²) in [5, 5.41) is 0. The van der Waals surface area contributed by atoms with Gasteiger partial charge in [0.25, 0.3) is 0 Å². The van der Waals surface area contributed by atoms with E-state index in [1.807, 2.05) is 39.8 Å². The summed E-state index contributed by atoms with van der Waals surface area (Å²) in [5.41, 5.74) is 7.48.